The Morgan fingerprint density at radius 1 is 1.25 bits per heavy atom. The van der Waals surface area contributed by atoms with Crippen LogP contribution in [0, 0.1) is 0 Å². The first kappa shape index (κ1) is 10.6. The van der Waals surface area contributed by atoms with Crippen molar-refractivity contribution in [2.75, 3.05) is 0 Å². The Hall–Kier alpha value is -1.05. The van der Waals surface area contributed by atoms with Crippen molar-refractivity contribution in [3.05, 3.63) is 36.2 Å². The lowest BCUT2D eigenvalue weighted by Crippen LogP contribution is -2.31. The Bertz CT molecular complexity index is 853. The van der Waals surface area contributed by atoms with Gasteiger partial charge >= 0.3 is 15.2 Å². The summed E-state index contributed by atoms with van der Waals surface area (Å²) in [7, 11) is -11.4. The van der Waals surface area contributed by atoms with E-state index in [1.165, 1.54) is 0 Å². The van der Waals surface area contributed by atoms with Crippen molar-refractivity contribution in [3.8, 4) is 0 Å². The summed E-state index contributed by atoms with van der Waals surface area (Å²) in [5, 5.41) is 6.14. The second-order valence-corrected chi connectivity index (χ2v) is 7.96. The summed E-state index contributed by atoms with van der Waals surface area (Å²) in [4.78, 5) is 40.1. The van der Waals surface area contributed by atoms with Gasteiger partial charge in [0.15, 0.2) is 0 Å². The molecule has 0 bridgehead atoms. The van der Waals surface area contributed by atoms with E-state index in [1.54, 1.807) is 0 Å². The molecule has 0 saturated carbocycles. The molecular weight excluding hydrogens is 310 g/mol. The number of aromatic nitrogens is 2. The molecule has 20 heavy (non-hydrogen) atoms. The van der Waals surface area contributed by atoms with Gasteiger partial charge in [0.05, 0.1) is 11.2 Å². The third-order valence-electron chi connectivity index (χ3n) is 2.52. The third kappa shape index (κ3) is 2.57. The van der Waals surface area contributed by atoms with E-state index >= 15 is 0 Å². The topological polar surface area (TPSA) is 153 Å². The zero-order valence-electron chi connectivity index (χ0n) is 13.6. The predicted octanol–water partition coefficient (Wildman–Crippen LogP) is -0.122. The molecule has 9 nitrogen and oxygen atoms in total. The first-order valence-corrected chi connectivity index (χ1v) is 8.21. The lowest BCUT2D eigenvalue weighted by atomic mass is 10.3. The summed E-state index contributed by atoms with van der Waals surface area (Å²) >= 11 is 0. The number of nitrogens with zero attached hydrogens (tertiary/aromatic N) is 2. The van der Waals surface area contributed by atoms with Gasteiger partial charge < -0.3 is 29.1 Å². The zero-order chi connectivity index (χ0) is 18.7. The monoisotopic (exact) mass is 326 g/mol. The number of hydrogen-bond acceptors (Lipinski definition) is 4. The average molecular weight is 326 g/mol. The van der Waals surface area contributed by atoms with Gasteiger partial charge in [-0.3, -0.25) is 9.13 Å². The van der Waals surface area contributed by atoms with E-state index in [0.717, 1.165) is 10.6 Å². The van der Waals surface area contributed by atoms with Crippen LogP contribution in [0.4, 0.5) is 0 Å². The van der Waals surface area contributed by atoms with Gasteiger partial charge in [0.25, 0.3) is 5.08 Å². The first-order chi connectivity index (χ1) is 10.7. The number of rotatable bonds is 4. The highest BCUT2D eigenvalue weighted by Gasteiger charge is 2.59. The summed E-state index contributed by atoms with van der Waals surface area (Å²) in [6.07, 6.45) is -0.910. The van der Waals surface area contributed by atoms with Crippen LogP contribution in [-0.4, -0.2) is 39.1 Å². The van der Waals surface area contributed by atoms with Gasteiger partial charge in [-0.15, -0.1) is 0 Å². The molecule has 2 aromatic rings. The minimum absolute atomic E-state index is 0.324. The van der Waals surface area contributed by atoms with Crippen LogP contribution in [-0.2, 0) is 15.6 Å². The molecule has 0 aromatic carbocycles. The molecular formula is C9H12N2O7P2. The van der Waals surface area contributed by atoms with Crippen LogP contribution in [0.5, 0.6) is 0 Å². The quantitative estimate of drug-likeness (QED) is 0.487. The second kappa shape index (κ2) is 4.75. The molecule has 110 valence electrons. The van der Waals surface area contributed by atoms with E-state index in [0.29, 0.717) is 0 Å². The van der Waals surface area contributed by atoms with Crippen molar-refractivity contribution in [1.82, 2.24) is 9.38 Å². The van der Waals surface area contributed by atoms with Crippen molar-refractivity contribution in [2.45, 2.75) is 11.5 Å². The molecule has 11 heteroatoms. The van der Waals surface area contributed by atoms with Gasteiger partial charge in [0, 0.05) is 18.8 Å². The first-order valence-electron chi connectivity index (χ1n) is 6.98. The molecule has 2 rings (SSSR count). The van der Waals surface area contributed by atoms with Crippen molar-refractivity contribution < 1.29 is 39.3 Å². The van der Waals surface area contributed by atoms with Crippen molar-refractivity contribution >= 4 is 20.8 Å². The summed E-state index contributed by atoms with van der Waals surface area (Å²) < 4.78 is 53.9. The zero-order valence-corrected chi connectivity index (χ0v) is 11.4. The number of imidazole rings is 1. The number of aliphatic hydroxyl groups is 1. The van der Waals surface area contributed by atoms with Crippen LogP contribution in [0.25, 0.3) is 5.65 Å². The van der Waals surface area contributed by atoms with E-state index < -0.39 is 56.7 Å². The van der Waals surface area contributed by atoms with E-state index in [2.05, 4.69) is 4.98 Å². The number of fused-ring (bicyclic) bond motifs is 1. The summed E-state index contributed by atoms with van der Waals surface area (Å²) in [5.41, 5.74) is -0.758. The summed E-state index contributed by atoms with van der Waals surface area (Å²) in [5.74, 6) is 0. The predicted molar refractivity (Wildman–Crippen MR) is 67.9 cm³/mol. The molecule has 0 amide bonds. The molecule has 0 unspecified atom stereocenters. The molecule has 0 radical (unpaired) electrons. The Morgan fingerprint density at radius 3 is 2.40 bits per heavy atom. The smallest absolute Gasteiger partial charge is 0.367 e. The molecule has 0 spiro atoms. The van der Waals surface area contributed by atoms with Crippen molar-refractivity contribution in [3.63, 3.8) is 0 Å². The lowest BCUT2D eigenvalue weighted by Gasteiger charge is -2.28. The van der Waals surface area contributed by atoms with Crippen molar-refractivity contribution in [2.24, 2.45) is 0 Å². The van der Waals surface area contributed by atoms with Crippen LogP contribution in [0.3, 0.4) is 0 Å². The van der Waals surface area contributed by atoms with Gasteiger partial charge in [0.1, 0.15) is 5.65 Å². The maximum absolute atomic E-state index is 11.3. The Morgan fingerprint density at radius 2 is 1.85 bits per heavy atom. The van der Waals surface area contributed by atoms with Gasteiger partial charge in [-0.1, -0.05) is 6.04 Å². The largest absolute Gasteiger partial charge is 0.369 e. The van der Waals surface area contributed by atoms with Gasteiger partial charge in [-0.25, -0.2) is 4.98 Å². The summed E-state index contributed by atoms with van der Waals surface area (Å²) in [6, 6.07) is -1.76. The highest BCUT2D eigenvalue weighted by molar-refractivity contribution is 7.72. The molecule has 2 aromatic heterocycles. The van der Waals surface area contributed by atoms with E-state index in [9.17, 15) is 14.2 Å². The van der Waals surface area contributed by atoms with Crippen LogP contribution in [0.15, 0.2) is 30.5 Å². The minimum atomic E-state index is -5.69. The van der Waals surface area contributed by atoms with Gasteiger partial charge in [-0.2, -0.15) is 0 Å². The Labute approximate surface area is 118 Å². The van der Waals surface area contributed by atoms with Gasteiger partial charge in [-0.05, 0) is 12.1 Å². The normalized spacial score (nSPS) is 16.6. The maximum Gasteiger partial charge on any atom is 0.369 e. The fourth-order valence-corrected chi connectivity index (χ4v) is 3.58. The standard InChI is InChI=1S/C9H12N2O7P2/c12-9(19(13,14)15,20(16,17)18)5-7-6-11-4-2-1-3-8(11)10-7/h1-4,6,12H,5H2,(H2,13,14,15)(H2,16,17,18)/i1D,2D,3D,4D. The number of pyridine rings is 1. The van der Waals surface area contributed by atoms with Crippen LogP contribution in [0.2, 0.25) is 0 Å². The second-order valence-electron chi connectivity index (χ2n) is 3.95. The van der Waals surface area contributed by atoms with Crippen LogP contribution >= 0.6 is 15.2 Å². The molecule has 2 heterocycles. The Kier molecular flexibility index (Phi) is 2.53. The van der Waals surface area contributed by atoms with Crippen LogP contribution < -0.4 is 0 Å². The molecule has 0 aliphatic heterocycles. The highest BCUT2D eigenvalue weighted by atomic mass is 31.2. The van der Waals surface area contributed by atoms with Crippen molar-refractivity contribution in [1.29, 1.82) is 0 Å². The average Bonchev–Trinajstić information content (AvgIpc) is 2.84. The highest BCUT2D eigenvalue weighted by Crippen LogP contribution is 2.68. The van der Waals surface area contributed by atoms with E-state index in [-0.39, 0.29) is 5.65 Å². The molecule has 0 aliphatic carbocycles. The molecule has 0 fully saturated rings. The fourth-order valence-electron chi connectivity index (χ4n) is 1.48. The Balaban J connectivity index is 2.67. The SMILES string of the molecule is [2H]c1c([2H])c([2H])n2cc(CC(O)(P(=O)(O)O)P(=O)(O)O)nc2c1[2H]. The third-order valence-corrected chi connectivity index (χ3v) is 6.27. The number of hydrogen-bond donors (Lipinski definition) is 5. The molecule has 5 N–H and O–H groups in total. The lowest BCUT2D eigenvalue weighted by molar-refractivity contribution is 0.130. The molecule has 0 aliphatic rings. The minimum Gasteiger partial charge on any atom is -0.367 e. The molecule has 0 saturated heterocycles. The fraction of sp³-hybridized carbons (Fsp3) is 0.222. The maximum atomic E-state index is 11.3. The molecule has 0 atom stereocenters. The van der Waals surface area contributed by atoms with E-state index in [4.69, 9.17) is 25.1 Å². The van der Waals surface area contributed by atoms with Gasteiger partial charge in [0.2, 0.25) is 0 Å². The van der Waals surface area contributed by atoms with Crippen LogP contribution in [0.1, 0.15) is 11.2 Å². The summed E-state index contributed by atoms with van der Waals surface area (Å²) in [6.45, 7) is 0. The van der Waals surface area contributed by atoms with E-state index in [1.807, 2.05) is 0 Å².